The Kier molecular flexibility index (Phi) is 230. The molecule has 2 nitrogen and oxygen atoms in total. The van der Waals surface area contributed by atoms with Gasteiger partial charge in [0.1, 0.15) is 0 Å². The second-order valence-corrected chi connectivity index (χ2v) is 0. The third-order valence-corrected chi connectivity index (χ3v) is 0. The van der Waals surface area contributed by atoms with E-state index in [4.69, 9.17) is 0 Å². The van der Waals surface area contributed by atoms with Gasteiger partial charge in [-0.15, -0.1) is 0 Å². The standard InChI is InChI=1S/HI.2H2O.2Pd.S/h1H;2*1H2;;;/q;;;;+1;/p-1. The van der Waals surface area contributed by atoms with Crippen molar-refractivity contribution in [1.29, 1.82) is 0 Å². The molecule has 0 amide bonds. The third-order valence-electron chi connectivity index (χ3n) is 0. The fourth-order valence-electron chi connectivity index (χ4n) is 0. The molecule has 0 bridgehead atoms. The average Bonchev–Trinajstić information content (AvgIpc) is 1.50. The van der Waals surface area contributed by atoms with Crippen molar-refractivity contribution in [2.24, 2.45) is 0 Å². The number of hydrogen-bond acceptors (Lipinski definition) is 1. The molecular formula is H4IO2Pd2S. The minimum atomic E-state index is 0. The van der Waals surface area contributed by atoms with Gasteiger partial charge < -0.3 is 11.0 Å². The van der Waals surface area contributed by atoms with Gasteiger partial charge in [0.2, 0.25) is 0 Å². The van der Waals surface area contributed by atoms with Gasteiger partial charge >= 0.3 is 62.5 Å². The molecule has 0 aromatic rings. The van der Waals surface area contributed by atoms with Gasteiger partial charge in [-0.2, -0.15) is 0 Å². The van der Waals surface area contributed by atoms with E-state index in [1.165, 1.54) is 0 Å². The van der Waals surface area contributed by atoms with Crippen LogP contribution in [0.15, 0.2) is 0 Å². The van der Waals surface area contributed by atoms with E-state index >= 15 is 0 Å². The van der Waals surface area contributed by atoms with Crippen molar-refractivity contribution in [3.63, 3.8) is 0 Å². The maximum atomic E-state index is 3.93. The van der Waals surface area contributed by atoms with E-state index < -0.39 is 0 Å². The summed E-state index contributed by atoms with van der Waals surface area (Å²) in [4.78, 5) is 0. The van der Waals surface area contributed by atoms with Crippen LogP contribution in [-0.4, -0.2) is 11.0 Å². The summed E-state index contributed by atoms with van der Waals surface area (Å²) >= 11 is 7.05. The van der Waals surface area contributed by atoms with Crippen molar-refractivity contribution >= 4 is 29.5 Å². The summed E-state index contributed by atoms with van der Waals surface area (Å²) in [6.45, 7) is 0. The molecule has 0 spiro atoms. The summed E-state index contributed by atoms with van der Waals surface area (Å²) in [6.07, 6.45) is 0. The number of hydrogen-bond donors (Lipinski definition) is 0. The summed E-state index contributed by atoms with van der Waals surface area (Å²) in [5.74, 6) is 0. The molecule has 0 aliphatic carbocycles. The van der Waals surface area contributed by atoms with Crippen LogP contribution in [0.25, 0.3) is 0 Å². The summed E-state index contributed by atoms with van der Waals surface area (Å²) in [5, 5.41) is 0. The van der Waals surface area contributed by atoms with Crippen molar-refractivity contribution in [3.8, 4) is 0 Å². The van der Waals surface area contributed by atoms with E-state index in [0.29, 0.717) is 0 Å². The second-order valence-electron chi connectivity index (χ2n) is 0. The number of rotatable bonds is 0. The van der Waals surface area contributed by atoms with Crippen LogP contribution in [0.5, 0.6) is 0 Å². The molecule has 0 aliphatic rings. The molecule has 0 aromatic carbocycles. The molecule has 0 unspecified atom stereocenters. The maximum absolute atomic E-state index is 3.93. The van der Waals surface area contributed by atoms with E-state index in [2.05, 4.69) is 42.9 Å². The van der Waals surface area contributed by atoms with Gasteiger partial charge in [0, 0.05) is 0 Å². The average molecular weight is 408 g/mol. The normalized spacial score (nSPS) is 2.17. The predicted molar refractivity (Wildman–Crippen MR) is 28.8 cm³/mol. The Hall–Kier alpha value is 2.19. The van der Waals surface area contributed by atoms with Crippen molar-refractivity contribution < 1.29 is 44.0 Å². The van der Waals surface area contributed by atoms with Crippen LogP contribution in [0, 0.1) is 0 Å². The Bertz CT molecular complexity index is 11.5. The van der Waals surface area contributed by atoms with Gasteiger partial charge in [0.05, 0.1) is 0 Å². The Morgan fingerprint density at radius 3 is 1.00 bits per heavy atom. The van der Waals surface area contributed by atoms with Gasteiger partial charge in [0.25, 0.3) is 0 Å². The van der Waals surface area contributed by atoms with E-state index in [-0.39, 0.29) is 11.0 Å². The predicted octanol–water partition coefficient (Wildman–Crippen LogP) is -0.120. The SMILES string of the molecule is O.O.[Pd][I].[S]=[Pd]. The van der Waals surface area contributed by atoms with Crippen LogP contribution in [-0.2, 0) is 33.0 Å². The second kappa shape index (κ2) is 57.3. The molecule has 0 saturated carbocycles. The minimum absolute atomic E-state index is 0. The van der Waals surface area contributed by atoms with Gasteiger partial charge in [-0.3, -0.25) is 0 Å². The van der Waals surface area contributed by atoms with Gasteiger partial charge in [-0.05, 0) is 0 Å². The van der Waals surface area contributed by atoms with E-state index in [0.717, 1.165) is 0 Å². The summed E-state index contributed by atoms with van der Waals surface area (Å²) in [6, 6.07) is 0. The van der Waals surface area contributed by atoms with Crippen LogP contribution >= 0.6 is 29.5 Å². The van der Waals surface area contributed by atoms with Crippen molar-refractivity contribution in [2.75, 3.05) is 0 Å². The molecule has 6 heavy (non-hydrogen) atoms. The quantitative estimate of drug-likeness (QED) is 0.408. The first kappa shape index (κ1) is 24.1. The first-order chi connectivity index (χ1) is 2.00. The van der Waals surface area contributed by atoms with Gasteiger partial charge in [-0.25, -0.2) is 0 Å². The Morgan fingerprint density at radius 2 is 1.00 bits per heavy atom. The molecule has 0 atom stereocenters. The van der Waals surface area contributed by atoms with E-state index in [1.54, 1.807) is 0 Å². The monoisotopic (exact) mass is 407 g/mol. The third kappa shape index (κ3) is 34.7. The first-order valence-corrected chi connectivity index (χ1v) is 7.03. The Morgan fingerprint density at radius 1 is 1.00 bits per heavy atom. The summed E-state index contributed by atoms with van der Waals surface area (Å²) < 4.78 is 0. The first-order valence-electron chi connectivity index (χ1n) is 0.249. The molecule has 0 aromatic heterocycles. The molecule has 0 fully saturated rings. The summed E-state index contributed by atoms with van der Waals surface area (Å²) in [7, 11) is 3.93. The van der Waals surface area contributed by atoms with Crippen molar-refractivity contribution in [1.82, 2.24) is 0 Å². The molecule has 0 radical (unpaired) electrons. The fourth-order valence-corrected chi connectivity index (χ4v) is 0. The molecule has 0 aliphatic heterocycles. The number of halogens is 1. The molecule has 4 N–H and O–H groups in total. The molecule has 0 rings (SSSR count). The van der Waals surface area contributed by atoms with Crippen molar-refractivity contribution in [2.45, 2.75) is 0 Å². The topological polar surface area (TPSA) is 63.0 Å². The van der Waals surface area contributed by atoms with Crippen LogP contribution in [0.3, 0.4) is 0 Å². The van der Waals surface area contributed by atoms with E-state index in [1.807, 2.05) is 19.5 Å². The van der Waals surface area contributed by atoms with Gasteiger partial charge in [0.15, 0.2) is 0 Å². The van der Waals surface area contributed by atoms with Gasteiger partial charge in [-0.1, -0.05) is 0 Å². The summed E-state index contributed by atoms with van der Waals surface area (Å²) in [5.41, 5.74) is 0. The Labute approximate surface area is 72.4 Å². The fraction of sp³-hybridized carbons (Fsp3) is 0. The molecular weight excluding hydrogens is 404 g/mol. The van der Waals surface area contributed by atoms with Crippen LogP contribution in [0.2, 0.25) is 0 Å². The zero-order valence-corrected chi connectivity index (χ0v) is 8.50. The molecule has 6 heteroatoms. The zero-order valence-electron chi connectivity index (χ0n) is 2.42. The molecule has 0 heterocycles. The molecule has 49 valence electrons. The van der Waals surface area contributed by atoms with Crippen molar-refractivity contribution in [3.05, 3.63) is 0 Å². The van der Waals surface area contributed by atoms with Crippen LogP contribution in [0.1, 0.15) is 0 Å². The van der Waals surface area contributed by atoms with Crippen LogP contribution < -0.4 is 0 Å². The molecule has 0 saturated heterocycles. The van der Waals surface area contributed by atoms with E-state index in [9.17, 15) is 0 Å². The van der Waals surface area contributed by atoms with Crippen LogP contribution in [0.4, 0.5) is 0 Å². The zero-order chi connectivity index (χ0) is 4.00. The Balaban J connectivity index is -0.00000000500.